The Morgan fingerprint density at radius 2 is 2.08 bits per heavy atom. The zero-order chi connectivity index (χ0) is 17.2. The smallest absolute Gasteiger partial charge is 0.155 e. The Labute approximate surface area is 140 Å². The fraction of sp³-hybridized carbons (Fsp3) is 0.263. The number of rotatable bonds is 4. The lowest BCUT2D eigenvalue weighted by Gasteiger charge is -2.22. The van der Waals surface area contributed by atoms with Crippen LogP contribution in [0, 0.1) is 22.7 Å². The lowest BCUT2D eigenvalue weighted by atomic mass is 9.79. The van der Waals surface area contributed by atoms with Crippen molar-refractivity contribution < 1.29 is 0 Å². The van der Waals surface area contributed by atoms with Crippen molar-refractivity contribution >= 4 is 11.0 Å². The number of pyridine rings is 1. The number of hydrogen-bond donors (Lipinski definition) is 1. The third-order valence-corrected chi connectivity index (χ3v) is 4.53. The minimum Gasteiger partial charge on any atom is -0.261 e. The molecule has 0 amide bonds. The fourth-order valence-electron chi connectivity index (χ4n) is 2.81. The SMILES string of the molecule is CCC(C)(C#N)c1cc(CC#N)cc(-c2ccnc3[nH]ncc23)c1. The third kappa shape index (κ3) is 2.61. The van der Waals surface area contributed by atoms with E-state index in [-0.39, 0.29) is 0 Å². The second kappa shape index (κ2) is 6.14. The van der Waals surface area contributed by atoms with Crippen molar-refractivity contribution in [2.45, 2.75) is 32.1 Å². The van der Waals surface area contributed by atoms with Gasteiger partial charge in [0.25, 0.3) is 0 Å². The highest BCUT2D eigenvalue weighted by Gasteiger charge is 2.25. The fourth-order valence-corrected chi connectivity index (χ4v) is 2.81. The van der Waals surface area contributed by atoms with Gasteiger partial charge in [0.2, 0.25) is 0 Å². The van der Waals surface area contributed by atoms with Crippen molar-refractivity contribution in [2.75, 3.05) is 0 Å². The van der Waals surface area contributed by atoms with Gasteiger partial charge >= 0.3 is 0 Å². The molecule has 0 bridgehead atoms. The standard InChI is InChI=1S/C19H17N5/c1-3-19(2,12-21)15-9-13(4-6-20)8-14(10-15)16-5-7-22-18-17(16)11-23-24-18/h5,7-11H,3-4H2,1-2H3,(H,22,23,24). The summed E-state index contributed by atoms with van der Waals surface area (Å²) in [6.07, 6.45) is 4.50. The molecule has 0 aliphatic rings. The van der Waals surface area contributed by atoms with Crippen LogP contribution in [0.4, 0.5) is 0 Å². The molecule has 118 valence electrons. The van der Waals surface area contributed by atoms with Crippen LogP contribution in [-0.4, -0.2) is 15.2 Å². The van der Waals surface area contributed by atoms with Crippen molar-refractivity contribution in [2.24, 2.45) is 0 Å². The summed E-state index contributed by atoms with van der Waals surface area (Å²) >= 11 is 0. The number of nitrogens with one attached hydrogen (secondary N) is 1. The lowest BCUT2D eigenvalue weighted by Crippen LogP contribution is -2.18. The summed E-state index contributed by atoms with van der Waals surface area (Å²) in [5.41, 5.74) is 3.95. The topological polar surface area (TPSA) is 89.1 Å². The van der Waals surface area contributed by atoms with Gasteiger partial charge in [0.1, 0.15) is 0 Å². The van der Waals surface area contributed by atoms with E-state index < -0.39 is 5.41 Å². The van der Waals surface area contributed by atoms with E-state index in [1.165, 1.54) is 0 Å². The normalized spacial score (nSPS) is 13.2. The van der Waals surface area contributed by atoms with E-state index in [0.29, 0.717) is 12.8 Å². The molecule has 5 heteroatoms. The van der Waals surface area contributed by atoms with Crippen LogP contribution in [0.25, 0.3) is 22.2 Å². The molecule has 1 aromatic carbocycles. The van der Waals surface area contributed by atoms with E-state index in [1.807, 2.05) is 38.1 Å². The largest absolute Gasteiger partial charge is 0.261 e. The first-order chi connectivity index (χ1) is 11.6. The molecule has 0 radical (unpaired) electrons. The second-order valence-corrected chi connectivity index (χ2v) is 6.04. The molecule has 2 aromatic heterocycles. The van der Waals surface area contributed by atoms with E-state index in [1.54, 1.807) is 12.4 Å². The monoisotopic (exact) mass is 315 g/mol. The highest BCUT2D eigenvalue weighted by molar-refractivity contribution is 5.92. The average molecular weight is 315 g/mol. The van der Waals surface area contributed by atoms with Crippen LogP contribution in [0.2, 0.25) is 0 Å². The van der Waals surface area contributed by atoms with Crippen molar-refractivity contribution in [1.29, 1.82) is 10.5 Å². The van der Waals surface area contributed by atoms with E-state index in [0.717, 1.165) is 33.3 Å². The van der Waals surface area contributed by atoms with Crippen molar-refractivity contribution in [3.8, 4) is 23.3 Å². The molecule has 5 nitrogen and oxygen atoms in total. The number of benzene rings is 1. The number of nitrogens with zero attached hydrogens (tertiary/aromatic N) is 4. The maximum atomic E-state index is 9.62. The predicted molar refractivity (Wildman–Crippen MR) is 91.9 cm³/mol. The van der Waals surface area contributed by atoms with E-state index in [4.69, 9.17) is 5.26 Å². The molecule has 1 atom stereocenters. The minimum absolute atomic E-state index is 0.311. The quantitative estimate of drug-likeness (QED) is 0.791. The number of aromatic amines is 1. The van der Waals surface area contributed by atoms with Gasteiger partial charge in [-0.1, -0.05) is 19.1 Å². The van der Waals surface area contributed by atoms with Crippen LogP contribution in [0.5, 0.6) is 0 Å². The molecule has 0 aliphatic carbocycles. The Morgan fingerprint density at radius 1 is 1.25 bits per heavy atom. The van der Waals surface area contributed by atoms with Gasteiger partial charge in [0.05, 0.1) is 30.2 Å². The number of hydrogen-bond acceptors (Lipinski definition) is 4. The number of H-pyrrole nitrogens is 1. The van der Waals surface area contributed by atoms with Crippen molar-refractivity contribution in [3.05, 3.63) is 47.8 Å². The second-order valence-electron chi connectivity index (χ2n) is 6.04. The first kappa shape index (κ1) is 15.7. The average Bonchev–Trinajstić information content (AvgIpc) is 3.09. The molecule has 3 rings (SSSR count). The molecule has 3 aromatic rings. The van der Waals surface area contributed by atoms with Gasteiger partial charge in [0.15, 0.2) is 5.65 Å². The van der Waals surface area contributed by atoms with Gasteiger partial charge in [-0.15, -0.1) is 0 Å². The van der Waals surface area contributed by atoms with E-state index >= 15 is 0 Å². The summed E-state index contributed by atoms with van der Waals surface area (Å²) < 4.78 is 0. The summed E-state index contributed by atoms with van der Waals surface area (Å²) in [4.78, 5) is 4.27. The lowest BCUT2D eigenvalue weighted by molar-refractivity contribution is 0.587. The van der Waals surface area contributed by atoms with E-state index in [2.05, 4.69) is 27.3 Å². The van der Waals surface area contributed by atoms with Crippen LogP contribution >= 0.6 is 0 Å². The Morgan fingerprint density at radius 3 is 2.79 bits per heavy atom. The Hall–Kier alpha value is -3.18. The molecular weight excluding hydrogens is 298 g/mol. The minimum atomic E-state index is -0.581. The number of aromatic nitrogens is 3. The molecule has 1 N–H and O–H groups in total. The summed E-state index contributed by atoms with van der Waals surface area (Å²) in [6.45, 7) is 3.93. The first-order valence-corrected chi connectivity index (χ1v) is 7.82. The summed E-state index contributed by atoms with van der Waals surface area (Å²) in [5, 5.41) is 26.6. The van der Waals surface area contributed by atoms with Gasteiger partial charge in [-0.2, -0.15) is 15.6 Å². The highest BCUT2D eigenvalue weighted by atomic mass is 15.1. The summed E-state index contributed by atoms with van der Waals surface area (Å²) in [7, 11) is 0. The van der Waals surface area contributed by atoms with Gasteiger partial charge in [0, 0.05) is 11.6 Å². The molecule has 0 saturated carbocycles. The van der Waals surface area contributed by atoms with E-state index in [9.17, 15) is 5.26 Å². The van der Waals surface area contributed by atoms with Gasteiger partial charge < -0.3 is 0 Å². The first-order valence-electron chi connectivity index (χ1n) is 7.82. The third-order valence-electron chi connectivity index (χ3n) is 4.53. The van der Waals surface area contributed by atoms with Crippen LogP contribution in [0.3, 0.4) is 0 Å². The Bertz CT molecular complexity index is 973. The zero-order valence-corrected chi connectivity index (χ0v) is 13.7. The zero-order valence-electron chi connectivity index (χ0n) is 13.7. The van der Waals surface area contributed by atoms with Gasteiger partial charge in [-0.25, -0.2) is 4.98 Å². The molecule has 0 saturated heterocycles. The maximum absolute atomic E-state index is 9.62. The predicted octanol–water partition coefficient (Wildman–Crippen LogP) is 3.88. The molecule has 24 heavy (non-hydrogen) atoms. The molecule has 0 spiro atoms. The summed E-state index contributed by atoms with van der Waals surface area (Å²) in [5.74, 6) is 0. The highest BCUT2D eigenvalue weighted by Crippen LogP contribution is 2.34. The van der Waals surface area contributed by atoms with Crippen LogP contribution in [-0.2, 0) is 11.8 Å². The van der Waals surface area contributed by atoms with Crippen molar-refractivity contribution in [3.63, 3.8) is 0 Å². The maximum Gasteiger partial charge on any atom is 0.155 e. The Balaban J connectivity index is 2.25. The van der Waals surface area contributed by atoms with Crippen LogP contribution in [0.15, 0.2) is 36.7 Å². The molecule has 0 aliphatic heterocycles. The van der Waals surface area contributed by atoms with Crippen LogP contribution in [0.1, 0.15) is 31.4 Å². The summed E-state index contributed by atoms with van der Waals surface area (Å²) in [6, 6.07) is 12.5. The molecule has 0 fully saturated rings. The molecule has 1 unspecified atom stereocenters. The number of fused-ring (bicyclic) bond motifs is 1. The Kier molecular flexibility index (Phi) is 4.02. The van der Waals surface area contributed by atoms with Crippen molar-refractivity contribution in [1.82, 2.24) is 15.2 Å². The van der Waals surface area contributed by atoms with Gasteiger partial charge in [-0.3, -0.25) is 5.10 Å². The molecular formula is C19H17N5. The van der Waals surface area contributed by atoms with Gasteiger partial charge in [-0.05, 0) is 47.7 Å². The molecule has 2 heterocycles. The number of nitriles is 2. The van der Waals surface area contributed by atoms with Crippen LogP contribution < -0.4 is 0 Å².